The molecule has 2 heterocycles. The maximum Gasteiger partial charge on any atom is 0.265 e. The number of allylic oxidation sites excluding steroid dienone is 4. The smallest absolute Gasteiger partial charge is 0.265 e. The molecule has 1 aliphatic carbocycles. The molecule has 0 spiro atoms. The molecule has 2 amide bonds. The Morgan fingerprint density at radius 1 is 1.06 bits per heavy atom. The molecule has 6 heteroatoms. The van der Waals surface area contributed by atoms with Gasteiger partial charge in [0.15, 0.2) is 11.6 Å². The second kappa shape index (κ2) is 8.20. The van der Waals surface area contributed by atoms with Gasteiger partial charge in [0.2, 0.25) is 5.91 Å². The number of nitrogens with one attached hydrogen (secondary N) is 1. The summed E-state index contributed by atoms with van der Waals surface area (Å²) >= 11 is 0. The molecule has 0 bridgehead atoms. The summed E-state index contributed by atoms with van der Waals surface area (Å²) in [6.07, 6.45) is 3.02. The highest BCUT2D eigenvalue weighted by Gasteiger charge is 2.42. The lowest BCUT2D eigenvalue weighted by molar-refractivity contribution is -0.125. The van der Waals surface area contributed by atoms with Gasteiger partial charge in [-0.2, -0.15) is 0 Å². The first kappa shape index (κ1) is 23.4. The fourth-order valence-corrected chi connectivity index (χ4v) is 4.89. The quantitative estimate of drug-likeness (QED) is 0.525. The number of ketones is 2. The fraction of sp³-hybridized carbons (Fsp3) is 0.286. The number of hydrogen-bond acceptors (Lipinski definition) is 4. The molecule has 0 atom stereocenters. The van der Waals surface area contributed by atoms with Crippen molar-refractivity contribution in [2.24, 2.45) is 5.41 Å². The van der Waals surface area contributed by atoms with E-state index in [2.05, 4.69) is 4.98 Å². The van der Waals surface area contributed by atoms with Crippen LogP contribution in [0.25, 0.3) is 11.6 Å². The molecule has 34 heavy (non-hydrogen) atoms. The van der Waals surface area contributed by atoms with Crippen molar-refractivity contribution in [2.75, 3.05) is 4.90 Å². The summed E-state index contributed by atoms with van der Waals surface area (Å²) in [6, 6.07) is 9.19. The van der Waals surface area contributed by atoms with Crippen molar-refractivity contribution in [1.82, 2.24) is 4.98 Å². The van der Waals surface area contributed by atoms with E-state index in [4.69, 9.17) is 0 Å². The van der Waals surface area contributed by atoms with Crippen molar-refractivity contribution in [2.45, 2.75) is 48.0 Å². The zero-order chi connectivity index (χ0) is 24.9. The van der Waals surface area contributed by atoms with Crippen LogP contribution in [0.3, 0.4) is 0 Å². The minimum Gasteiger partial charge on any atom is -0.359 e. The summed E-state index contributed by atoms with van der Waals surface area (Å²) in [4.78, 5) is 56.8. The van der Waals surface area contributed by atoms with Gasteiger partial charge in [0.05, 0.1) is 11.3 Å². The zero-order valence-corrected chi connectivity index (χ0v) is 20.3. The normalized spacial score (nSPS) is 17.6. The lowest BCUT2D eigenvalue weighted by Crippen LogP contribution is -2.38. The van der Waals surface area contributed by atoms with Crippen molar-refractivity contribution in [3.8, 4) is 0 Å². The van der Waals surface area contributed by atoms with Crippen LogP contribution in [0.4, 0.5) is 5.69 Å². The molecule has 0 saturated heterocycles. The van der Waals surface area contributed by atoms with Crippen LogP contribution in [0, 0.1) is 19.3 Å². The molecule has 1 aromatic heterocycles. The van der Waals surface area contributed by atoms with Crippen LogP contribution >= 0.6 is 0 Å². The van der Waals surface area contributed by atoms with E-state index in [0.29, 0.717) is 33.5 Å². The van der Waals surface area contributed by atoms with Gasteiger partial charge < -0.3 is 4.98 Å². The van der Waals surface area contributed by atoms with Crippen molar-refractivity contribution < 1.29 is 19.2 Å². The van der Waals surface area contributed by atoms with Gasteiger partial charge in [0, 0.05) is 45.5 Å². The third-order valence-corrected chi connectivity index (χ3v) is 6.54. The minimum atomic E-state index is -0.932. The molecule has 1 aromatic carbocycles. The van der Waals surface area contributed by atoms with Crippen molar-refractivity contribution in [3.05, 3.63) is 75.6 Å². The fourth-order valence-electron chi connectivity index (χ4n) is 4.89. The van der Waals surface area contributed by atoms with E-state index in [-0.39, 0.29) is 18.0 Å². The minimum absolute atomic E-state index is 0.0973. The van der Waals surface area contributed by atoms with Crippen molar-refractivity contribution in [3.63, 3.8) is 0 Å². The number of imide groups is 1. The average molecular weight is 457 g/mol. The number of fused-ring (bicyclic) bond motifs is 1. The number of carbonyl (C=O) groups excluding carboxylic acids is 4. The standard InChI is InChI=1S/C28H28N2O4/c1-15-11-17(3)29-21(15)13-20-19-9-7-8-10-22(19)30(27(20)34)24(32)14-28(5,6)25-18(4)23(31)12-16(2)26(25)33/h7-13,29H,14H2,1-6H3/b20-13-. The lowest BCUT2D eigenvalue weighted by Gasteiger charge is -2.31. The number of H-pyrrole nitrogens is 1. The number of benzene rings is 1. The Kier molecular flexibility index (Phi) is 5.64. The first-order valence-electron chi connectivity index (χ1n) is 11.3. The molecule has 0 saturated carbocycles. The van der Waals surface area contributed by atoms with Crippen molar-refractivity contribution in [1.29, 1.82) is 0 Å². The van der Waals surface area contributed by atoms with Crippen LogP contribution < -0.4 is 4.90 Å². The predicted molar refractivity (Wildman–Crippen MR) is 132 cm³/mol. The Labute approximate surface area is 199 Å². The highest BCUT2D eigenvalue weighted by atomic mass is 16.2. The lowest BCUT2D eigenvalue weighted by atomic mass is 9.72. The highest BCUT2D eigenvalue weighted by Crippen LogP contribution is 2.42. The molecule has 1 N–H and O–H groups in total. The Morgan fingerprint density at radius 2 is 1.74 bits per heavy atom. The molecule has 1 aliphatic heterocycles. The monoisotopic (exact) mass is 456 g/mol. The van der Waals surface area contributed by atoms with Gasteiger partial charge in [-0.25, -0.2) is 4.90 Å². The van der Waals surface area contributed by atoms with E-state index < -0.39 is 17.2 Å². The van der Waals surface area contributed by atoms with Gasteiger partial charge in [-0.15, -0.1) is 0 Å². The van der Waals surface area contributed by atoms with Gasteiger partial charge >= 0.3 is 0 Å². The first-order valence-corrected chi connectivity index (χ1v) is 11.3. The van der Waals surface area contributed by atoms with Crippen LogP contribution in [0.2, 0.25) is 0 Å². The highest BCUT2D eigenvalue weighted by molar-refractivity contribution is 6.42. The largest absolute Gasteiger partial charge is 0.359 e. The van der Waals surface area contributed by atoms with Crippen LogP contribution in [-0.2, 0) is 19.2 Å². The maximum atomic E-state index is 13.6. The van der Waals surface area contributed by atoms with Crippen molar-refractivity contribution >= 4 is 40.7 Å². The summed E-state index contributed by atoms with van der Waals surface area (Å²) in [5.41, 5.74) is 4.55. The number of para-hydroxylation sites is 1. The van der Waals surface area contributed by atoms with E-state index in [1.807, 2.05) is 32.0 Å². The molecule has 0 radical (unpaired) electrons. The molecule has 2 aromatic rings. The van der Waals surface area contributed by atoms with Crippen LogP contribution in [0.5, 0.6) is 0 Å². The molecule has 174 valence electrons. The predicted octanol–water partition coefficient (Wildman–Crippen LogP) is 4.88. The number of Topliss-reactive ketones (excluding diaryl/α,β-unsaturated/α-hetero) is 1. The number of aromatic amines is 1. The number of rotatable bonds is 4. The number of carbonyl (C=O) groups is 4. The Bertz CT molecular complexity index is 1360. The zero-order valence-electron chi connectivity index (χ0n) is 20.3. The summed E-state index contributed by atoms with van der Waals surface area (Å²) in [6.45, 7) is 10.7. The van der Waals surface area contributed by atoms with E-state index >= 15 is 0 Å². The van der Waals surface area contributed by atoms with E-state index in [9.17, 15) is 19.2 Å². The van der Waals surface area contributed by atoms with Gasteiger partial charge in [-0.3, -0.25) is 19.2 Å². The molecule has 2 aliphatic rings. The molecule has 0 unspecified atom stereocenters. The average Bonchev–Trinajstić information content (AvgIpc) is 3.21. The van der Waals surface area contributed by atoms with Gasteiger partial charge in [0.1, 0.15) is 0 Å². The number of anilines is 1. The van der Waals surface area contributed by atoms with Crippen LogP contribution in [0.15, 0.2) is 53.1 Å². The molecule has 4 rings (SSSR count). The third kappa shape index (κ3) is 3.79. The molecular weight excluding hydrogens is 428 g/mol. The Balaban J connectivity index is 1.71. The number of aryl methyl sites for hydroxylation is 2. The number of amides is 2. The van der Waals surface area contributed by atoms with Crippen LogP contribution in [0.1, 0.15) is 56.6 Å². The SMILES string of the molecule is CC1=CC(=O)C(C)=C(C(C)(C)CC(=O)N2C(=O)/C(=C\c3[nH]c(C)cc3C)c3ccccc32)C1=O. The summed E-state index contributed by atoms with van der Waals surface area (Å²) in [5, 5.41) is 0. The second-order valence-electron chi connectivity index (χ2n) is 9.74. The third-order valence-electron chi connectivity index (χ3n) is 6.54. The summed E-state index contributed by atoms with van der Waals surface area (Å²) < 4.78 is 0. The molecular formula is C28H28N2O4. The summed E-state index contributed by atoms with van der Waals surface area (Å²) in [7, 11) is 0. The molecule has 0 fully saturated rings. The van der Waals surface area contributed by atoms with E-state index in [1.54, 1.807) is 45.9 Å². The van der Waals surface area contributed by atoms with Gasteiger partial charge in [-0.1, -0.05) is 32.0 Å². The van der Waals surface area contributed by atoms with E-state index in [1.165, 1.54) is 11.0 Å². The Morgan fingerprint density at radius 3 is 2.38 bits per heavy atom. The van der Waals surface area contributed by atoms with Gasteiger partial charge in [-0.05, 0) is 57.5 Å². The van der Waals surface area contributed by atoms with Gasteiger partial charge in [0.25, 0.3) is 5.91 Å². The Hall–Kier alpha value is -3.80. The first-order chi connectivity index (χ1) is 15.9. The summed E-state index contributed by atoms with van der Waals surface area (Å²) in [5.74, 6) is -1.28. The maximum absolute atomic E-state index is 13.6. The number of hydrogen-bond donors (Lipinski definition) is 1. The second-order valence-corrected chi connectivity index (χ2v) is 9.74. The van der Waals surface area contributed by atoms with Crippen LogP contribution in [-0.4, -0.2) is 28.4 Å². The topological polar surface area (TPSA) is 87.3 Å². The molecule has 6 nitrogen and oxygen atoms in total. The number of aromatic nitrogens is 1. The van der Waals surface area contributed by atoms with E-state index in [0.717, 1.165) is 17.0 Å². The number of nitrogens with zero attached hydrogens (tertiary/aromatic N) is 1.